The number of hydrogen-bond acceptors (Lipinski definition) is 2. The van der Waals surface area contributed by atoms with Crippen molar-refractivity contribution in [3.8, 4) is 0 Å². The van der Waals surface area contributed by atoms with Crippen molar-refractivity contribution in [3.05, 3.63) is 65.3 Å². The highest BCUT2D eigenvalue weighted by Crippen LogP contribution is 2.32. The topological polar surface area (TPSA) is 11.4 Å². The van der Waals surface area contributed by atoms with Crippen molar-refractivity contribution < 1.29 is 13.2 Å². The minimum absolute atomic E-state index is 0.581. The van der Waals surface area contributed by atoms with Crippen LogP contribution in [0.4, 0.5) is 18.9 Å². The molecule has 0 radical (unpaired) electrons. The van der Waals surface area contributed by atoms with Crippen molar-refractivity contribution in [1.82, 2.24) is 9.47 Å². The molecule has 0 atom stereocenters. The van der Waals surface area contributed by atoms with Gasteiger partial charge in [-0.05, 0) is 61.9 Å². The van der Waals surface area contributed by atoms with Crippen LogP contribution in [0.1, 0.15) is 18.4 Å². The minimum atomic E-state index is -4.30. The zero-order valence-corrected chi connectivity index (χ0v) is 17.5. The maximum Gasteiger partial charge on any atom is 0.416 e. The van der Waals surface area contributed by atoms with Gasteiger partial charge in [0.05, 0.1) is 5.56 Å². The van der Waals surface area contributed by atoms with Gasteiger partial charge >= 0.3 is 6.18 Å². The largest absolute Gasteiger partial charge is 0.416 e. The molecule has 7 heteroatoms. The van der Waals surface area contributed by atoms with Crippen LogP contribution < -0.4 is 4.90 Å². The van der Waals surface area contributed by atoms with Crippen LogP contribution in [0.15, 0.2) is 54.7 Å². The standard InChI is InChI=1S/C23H25ClF3N3/c24-20-6-7-22-18(16-20)8-11-30(22)10-2-1-9-28-12-14-29(15-13-28)21-5-3-4-19(17-21)23(25,26)27/h3-8,11,16-17H,1-2,9-10,12-15H2. The highest BCUT2D eigenvalue weighted by Gasteiger charge is 2.31. The van der Waals surface area contributed by atoms with Gasteiger partial charge < -0.3 is 9.47 Å². The molecule has 0 saturated carbocycles. The predicted molar refractivity (Wildman–Crippen MR) is 116 cm³/mol. The summed E-state index contributed by atoms with van der Waals surface area (Å²) in [7, 11) is 0. The van der Waals surface area contributed by atoms with E-state index in [-0.39, 0.29) is 0 Å². The first kappa shape index (κ1) is 21.1. The molecule has 3 aromatic rings. The fraction of sp³-hybridized carbons (Fsp3) is 0.391. The highest BCUT2D eigenvalue weighted by molar-refractivity contribution is 6.31. The molecule has 2 heterocycles. The Labute approximate surface area is 179 Å². The van der Waals surface area contributed by atoms with Gasteiger partial charge in [-0.15, -0.1) is 0 Å². The first-order valence-electron chi connectivity index (χ1n) is 10.3. The molecule has 30 heavy (non-hydrogen) atoms. The van der Waals surface area contributed by atoms with E-state index in [1.165, 1.54) is 17.6 Å². The van der Waals surface area contributed by atoms with Gasteiger partial charge in [0.15, 0.2) is 0 Å². The van der Waals surface area contributed by atoms with E-state index >= 15 is 0 Å². The normalized spacial score (nSPS) is 15.8. The number of nitrogens with zero attached hydrogens (tertiary/aromatic N) is 3. The van der Waals surface area contributed by atoms with E-state index < -0.39 is 11.7 Å². The number of unbranched alkanes of at least 4 members (excludes halogenated alkanes) is 1. The van der Waals surface area contributed by atoms with Crippen molar-refractivity contribution >= 4 is 28.2 Å². The molecular weight excluding hydrogens is 411 g/mol. The van der Waals surface area contributed by atoms with Crippen molar-refractivity contribution in [3.63, 3.8) is 0 Å². The smallest absolute Gasteiger partial charge is 0.369 e. The molecular formula is C23H25ClF3N3. The number of halogens is 4. The van der Waals surface area contributed by atoms with Gasteiger partial charge in [-0.1, -0.05) is 17.7 Å². The third-order valence-corrected chi connectivity index (χ3v) is 6.00. The molecule has 0 unspecified atom stereocenters. The van der Waals surface area contributed by atoms with Crippen LogP contribution in [0, 0.1) is 0 Å². The Kier molecular flexibility index (Phi) is 6.25. The SMILES string of the molecule is FC(F)(F)c1cccc(N2CCN(CCCCn3ccc4cc(Cl)ccc43)CC2)c1. The average Bonchev–Trinajstić information content (AvgIpc) is 3.13. The number of benzene rings is 2. The van der Waals surface area contributed by atoms with Crippen molar-refractivity contribution in [1.29, 1.82) is 0 Å². The summed E-state index contributed by atoms with van der Waals surface area (Å²) < 4.78 is 41.1. The van der Waals surface area contributed by atoms with E-state index in [0.29, 0.717) is 5.69 Å². The van der Waals surface area contributed by atoms with Gasteiger partial charge in [0.2, 0.25) is 0 Å². The highest BCUT2D eigenvalue weighted by atomic mass is 35.5. The Morgan fingerprint density at radius 1 is 0.867 bits per heavy atom. The van der Waals surface area contributed by atoms with Gasteiger partial charge in [-0.25, -0.2) is 0 Å². The fourth-order valence-electron chi connectivity index (χ4n) is 4.09. The molecule has 1 fully saturated rings. The summed E-state index contributed by atoms with van der Waals surface area (Å²) in [5.41, 5.74) is 1.28. The first-order valence-corrected chi connectivity index (χ1v) is 10.7. The van der Waals surface area contributed by atoms with Gasteiger partial charge in [0.25, 0.3) is 0 Å². The number of rotatable bonds is 6. The molecule has 1 aliphatic heterocycles. The molecule has 0 N–H and O–H groups in total. The molecule has 0 aliphatic carbocycles. The van der Waals surface area contributed by atoms with E-state index in [1.54, 1.807) is 6.07 Å². The maximum absolute atomic E-state index is 12.9. The van der Waals surface area contributed by atoms with Crippen LogP contribution in [0.3, 0.4) is 0 Å². The maximum atomic E-state index is 12.9. The summed E-state index contributed by atoms with van der Waals surface area (Å²) in [6.45, 7) is 5.24. The molecule has 160 valence electrons. The summed E-state index contributed by atoms with van der Waals surface area (Å²) in [6, 6.07) is 13.7. The lowest BCUT2D eigenvalue weighted by Gasteiger charge is -2.36. The number of hydrogen-bond donors (Lipinski definition) is 0. The van der Waals surface area contributed by atoms with Crippen molar-refractivity contribution in [2.24, 2.45) is 0 Å². The third kappa shape index (κ3) is 4.93. The number of fused-ring (bicyclic) bond motifs is 1. The quantitative estimate of drug-likeness (QED) is 0.445. The summed E-state index contributed by atoms with van der Waals surface area (Å²) >= 11 is 6.05. The van der Waals surface area contributed by atoms with E-state index in [1.807, 2.05) is 17.0 Å². The van der Waals surface area contributed by atoms with Crippen LogP contribution in [0.25, 0.3) is 10.9 Å². The predicted octanol–water partition coefficient (Wildman–Crippen LogP) is 5.92. The molecule has 0 amide bonds. The lowest BCUT2D eigenvalue weighted by Crippen LogP contribution is -2.46. The molecule has 3 nitrogen and oxygen atoms in total. The van der Waals surface area contributed by atoms with Gasteiger partial charge in [-0.3, -0.25) is 4.90 Å². The summed E-state index contributed by atoms with van der Waals surface area (Å²) in [5.74, 6) is 0. The Morgan fingerprint density at radius 3 is 2.40 bits per heavy atom. The van der Waals surface area contributed by atoms with Gasteiger partial charge in [-0.2, -0.15) is 13.2 Å². The van der Waals surface area contributed by atoms with Gasteiger partial charge in [0.1, 0.15) is 0 Å². The molecule has 4 rings (SSSR count). The third-order valence-electron chi connectivity index (χ3n) is 5.77. The van der Waals surface area contributed by atoms with Crippen LogP contribution in [0.2, 0.25) is 5.02 Å². The van der Waals surface area contributed by atoms with Crippen molar-refractivity contribution in [2.75, 3.05) is 37.6 Å². The number of anilines is 1. The minimum Gasteiger partial charge on any atom is -0.369 e. The molecule has 1 aromatic heterocycles. The number of aromatic nitrogens is 1. The second-order valence-corrected chi connectivity index (χ2v) is 8.23. The second kappa shape index (κ2) is 8.90. The Morgan fingerprint density at radius 2 is 1.63 bits per heavy atom. The Balaban J connectivity index is 1.23. The monoisotopic (exact) mass is 435 g/mol. The zero-order valence-electron chi connectivity index (χ0n) is 16.7. The van der Waals surface area contributed by atoms with E-state index in [9.17, 15) is 13.2 Å². The van der Waals surface area contributed by atoms with Crippen LogP contribution in [0.5, 0.6) is 0 Å². The molecule has 1 saturated heterocycles. The number of aryl methyl sites for hydroxylation is 1. The Hall–Kier alpha value is -2.18. The molecule has 0 bridgehead atoms. The van der Waals surface area contributed by atoms with Crippen LogP contribution in [-0.4, -0.2) is 42.2 Å². The van der Waals surface area contributed by atoms with E-state index in [0.717, 1.165) is 68.6 Å². The zero-order chi connectivity index (χ0) is 21.1. The number of piperazine rings is 1. The molecule has 1 aliphatic rings. The van der Waals surface area contributed by atoms with Crippen LogP contribution >= 0.6 is 11.6 Å². The molecule has 2 aromatic carbocycles. The second-order valence-electron chi connectivity index (χ2n) is 7.80. The lowest BCUT2D eigenvalue weighted by molar-refractivity contribution is -0.137. The summed E-state index contributed by atoms with van der Waals surface area (Å²) in [4.78, 5) is 4.44. The lowest BCUT2D eigenvalue weighted by atomic mass is 10.1. The Bertz CT molecular complexity index is 991. The van der Waals surface area contributed by atoms with Crippen LogP contribution in [-0.2, 0) is 12.7 Å². The van der Waals surface area contributed by atoms with Gasteiger partial charge in [0, 0.05) is 60.5 Å². The first-order chi connectivity index (χ1) is 14.4. The molecule has 0 spiro atoms. The van der Waals surface area contributed by atoms with E-state index in [4.69, 9.17) is 11.6 Å². The fourth-order valence-corrected chi connectivity index (χ4v) is 4.27. The van der Waals surface area contributed by atoms with E-state index in [2.05, 4.69) is 27.8 Å². The summed E-state index contributed by atoms with van der Waals surface area (Å²) in [6.07, 6.45) is -0.0129. The summed E-state index contributed by atoms with van der Waals surface area (Å²) in [5, 5.41) is 1.91. The van der Waals surface area contributed by atoms with Crippen molar-refractivity contribution in [2.45, 2.75) is 25.6 Å². The average molecular weight is 436 g/mol. The number of alkyl halides is 3.